The number of nitrogens with zero attached hydrogens (tertiary/aromatic N) is 2. The van der Waals surface area contributed by atoms with E-state index in [-0.39, 0.29) is 18.6 Å². The predicted molar refractivity (Wildman–Crippen MR) is 61.7 cm³/mol. The van der Waals surface area contributed by atoms with Crippen LogP contribution in [0.25, 0.3) is 0 Å². The summed E-state index contributed by atoms with van der Waals surface area (Å²) in [7, 11) is 4.01. The van der Waals surface area contributed by atoms with Gasteiger partial charge in [-0.1, -0.05) is 0 Å². The first-order valence-electron chi connectivity index (χ1n) is 5.58. The van der Waals surface area contributed by atoms with Crippen molar-refractivity contribution in [2.75, 3.05) is 33.8 Å². The van der Waals surface area contributed by atoms with E-state index in [1.807, 2.05) is 25.9 Å². The number of likely N-dealkylation sites (N-methyl/N-ethyl adjacent to an activating group) is 2. The highest BCUT2D eigenvalue weighted by molar-refractivity contribution is 5.76. The molecule has 0 saturated carbocycles. The van der Waals surface area contributed by atoms with E-state index < -0.39 is 0 Å². The third-order valence-electron chi connectivity index (χ3n) is 2.37. The van der Waals surface area contributed by atoms with Crippen molar-refractivity contribution in [2.45, 2.75) is 32.7 Å². The summed E-state index contributed by atoms with van der Waals surface area (Å²) >= 11 is 0. The van der Waals surface area contributed by atoms with Crippen molar-refractivity contribution >= 4 is 5.91 Å². The molecule has 0 spiro atoms. The number of carbonyl (C=O) groups excluding carboxylic acids is 1. The topological polar surface area (TPSA) is 43.8 Å². The molecular weight excluding hydrogens is 192 g/mol. The van der Waals surface area contributed by atoms with Crippen molar-refractivity contribution in [1.29, 1.82) is 0 Å². The molecule has 4 heteroatoms. The number of carbonyl (C=O) groups is 1. The predicted octanol–water partition coefficient (Wildman–Crippen LogP) is 0.558. The van der Waals surface area contributed by atoms with E-state index in [9.17, 15) is 4.79 Å². The average Bonchev–Trinajstić information content (AvgIpc) is 2.14. The first-order chi connectivity index (χ1) is 7.02. The zero-order valence-electron chi connectivity index (χ0n) is 10.4. The van der Waals surface area contributed by atoms with E-state index in [1.165, 1.54) is 0 Å². The molecule has 90 valence electrons. The van der Waals surface area contributed by atoms with Crippen LogP contribution < -0.4 is 0 Å². The Bertz CT molecular complexity index is 183. The molecule has 0 radical (unpaired) electrons. The average molecular weight is 216 g/mol. The summed E-state index contributed by atoms with van der Waals surface area (Å²) in [4.78, 5) is 15.7. The van der Waals surface area contributed by atoms with Crippen molar-refractivity contribution in [3.63, 3.8) is 0 Å². The van der Waals surface area contributed by atoms with Crippen LogP contribution in [0.1, 0.15) is 26.7 Å². The van der Waals surface area contributed by atoms with Crippen LogP contribution in [0.2, 0.25) is 0 Å². The number of hydrogen-bond acceptors (Lipinski definition) is 3. The van der Waals surface area contributed by atoms with E-state index in [0.717, 1.165) is 13.1 Å². The number of hydrogen-bond donors (Lipinski definition) is 1. The zero-order valence-corrected chi connectivity index (χ0v) is 10.4. The Labute approximate surface area is 92.9 Å². The fourth-order valence-corrected chi connectivity index (χ4v) is 1.73. The molecule has 0 aromatic heterocycles. The Kier molecular flexibility index (Phi) is 7.34. The van der Waals surface area contributed by atoms with Gasteiger partial charge in [-0.3, -0.25) is 4.79 Å². The van der Waals surface area contributed by atoms with Crippen molar-refractivity contribution < 1.29 is 9.90 Å². The van der Waals surface area contributed by atoms with E-state index in [2.05, 4.69) is 11.8 Å². The molecule has 0 aliphatic rings. The van der Waals surface area contributed by atoms with Crippen LogP contribution >= 0.6 is 0 Å². The maximum absolute atomic E-state index is 11.8. The van der Waals surface area contributed by atoms with Gasteiger partial charge in [0, 0.05) is 32.2 Å². The highest BCUT2D eigenvalue weighted by Gasteiger charge is 2.17. The molecule has 0 aromatic rings. The summed E-state index contributed by atoms with van der Waals surface area (Å²) in [6.45, 7) is 5.74. The van der Waals surface area contributed by atoms with Gasteiger partial charge in [0.05, 0.1) is 0 Å². The van der Waals surface area contributed by atoms with Gasteiger partial charge in [0.15, 0.2) is 0 Å². The SMILES string of the molecule is CCN(C(=O)CCCO)C(C)CN(C)C. The first kappa shape index (κ1) is 14.4. The summed E-state index contributed by atoms with van der Waals surface area (Å²) < 4.78 is 0. The van der Waals surface area contributed by atoms with Crippen LogP contribution in [-0.4, -0.2) is 60.6 Å². The van der Waals surface area contributed by atoms with Crippen LogP contribution in [0.15, 0.2) is 0 Å². The molecule has 0 rings (SSSR count). The largest absolute Gasteiger partial charge is 0.396 e. The lowest BCUT2D eigenvalue weighted by Gasteiger charge is -2.30. The highest BCUT2D eigenvalue weighted by Crippen LogP contribution is 2.04. The van der Waals surface area contributed by atoms with Crippen molar-refractivity contribution in [3.8, 4) is 0 Å². The minimum atomic E-state index is 0.0886. The molecule has 4 nitrogen and oxygen atoms in total. The zero-order chi connectivity index (χ0) is 11.8. The van der Waals surface area contributed by atoms with Crippen molar-refractivity contribution in [1.82, 2.24) is 9.80 Å². The van der Waals surface area contributed by atoms with Gasteiger partial charge >= 0.3 is 0 Å². The van der Waals surface area contributed by atoms with Crippen LogP contribution in [0.4, 0.5) is 0 Å². The van der Waals surface area contributed by atoms with Crippen LogP contribution in [0.5, 0.6) is 0 Å². The first-order valence-corrected chi connectivity index (χ1v) is 5.58. The molecule has 0 aliphatic heterocycles. The monoisotopic (exact) mass is 216 g/mol. The van der Waals surface area contributed by atoms with Crippen molar-refractivity contribution in [3.05, 3.63) is 0 Å². The van der Waals surface area contributed by atoms with Crippen LogP contribution in [0.3, 0.4) is 0 Å². The van der Waals surface area contributed by atoms with E-state index >= 15 is 0 Å². The maximum Gasteiger partial charge on any atom is 0.222 e. The number of rotatable bonds is 7. The van der Waals surface area contributed by atoms with Gasteiger partial charge in [-0.2, -0.15) is 0 Å². The van der Waals surface area contributed by atoms with Crippen LogP contribution in [-0.2, 0) is 4.79 Å². The molecule has 1 amide bonds. The summed E-state index contributed by atoms with van der Waals surface area (Å²) in [5, 5.41) is 8.67. The maximum atomic E-state index is 11.8. The normalized spacial score (nSPS) is 12.9. The summed E-state index contributed by atoms with van der Waals surface area (Å²) in [6.07, 6.45) is 1.01. The lowest BCUT2D eigenvalue weighted by Crippen LogP contribution is -2.43. The Morgan fingerprint density at radius 2 is 2.00 bits per heavy atom. The van der Waals surface area contributed by atoms with Crippen LogP contribution in [0, 0.1) is 0 Å². The molecule has 1 N–H and O–H groups in total. The van der Waals surface area contributed by atoms with Gasteiger partial charge in [0.25, 0.3) is 0 Å². The fraction of sp³-hybridized carbons (Fsp3) is 0.909. The molecule has 0 saturated heterocycles. The van der Waals surface area contributed by atoms with Gasteiger partial charge in [0.1, 0.15) is 0 Å². The highest BCUT2D eigenvalue weighted by atomic mass is 16.3. The molecular formula is C11H24N2O2. The second kappa shape index (κ2) is 7.65. The molecule has 1 unspecified atom stereocenters. The third kappa shape index (κ3) is 5.74. The smallest absolute Gasteiger partial charge is 0.222 e. The molecule has 1 atom stereocenters. The standard InChI is InChI=1S/C11H24N2O2/c1-5-13(10(2)9-12(3)4)11(15)7-6-8-14/h10,14H,5-9H2,1-4H3. The van der Waals surface area contributed by atoms with Gasteiger partial charge in [-0.25, -0.2) is 0 Å². The van der Waals surface area contributed by atoms with E-state index in [1.54, 1.807) is 0 Å². The second-order valence-electron chi connectivity index (χ2n) is 4.12. The number of amides is 1. The van der Waals surface area contributed by atoms with E-state index in [0.29, 0.717) is 12.8 Å². The van der Waals surface area contributed by atoms with Gasteiger partial charge in [0.2, 0.25) is 5.91 Å². The molecule has 0 heterocycles. The summed E-state index contributed by atoms with van der Waals surface area (Å²) in [5.41, 5.74) is 0. The van der Waals surface area contributed by atoms with E-state index in [4.69, 9.17) is 5.11 Å². The molecule has 0 aliphatic carbocycles. The lowest BCUT2D eigenvalue weighted by molar-refractivity contribution is -0.133. The lowest BCUT2D eigenvalue weighted by atomic mass is 10.2. The Morgan fingerprint density at radius 3 is 2.40 bits per heavy atom. The Morgan fingerprint density at radius 1 is 1.40 bits per heavy atom. The van der Waals surface area contributed by atoms with Gasteiger partial charge in [-0.05, 0) is 34.4 Å². The molecule has 0 bridgehead atoms. The van der Waals surface area contributed by atoms with Gasteiger partial charge in [-0.15, -0.1) is 0 Å². The summed E-state index contributed by atoms with van der Waals surface area (Å²) in [5.74, 6) is 0.140. The number of aliphatic hydroxyl groups is 1. The molecule has 15 heavy (non-hydrogen) atoms. The molecule has 0 aromatic carbocycles. The summed E-state index contributed by atoms with van der Waals surface area (Å²) in [6, 6.07) is 0.233. The number of aliphatic hydroxyl groups excluding tert-OH is 1. The third-order valence-corrected chi connectivity index (χ3v) is 2.37. The molecule has 0 fully saturated rings. The quantitative estimate of drug-likeness (QED) is 0.676. The Hall–Kier alpha value is -0.610. The van der Waals surface area contributed by atoms with Crippen molar-refractivity contribution in [2.24, 2.45) is 0 Å². The van der Waals surface area contributed by atoms with Gasteiger partial charge < -0.3 is 14.9 Å². The fourth-order valence-electron chi connectivity index (χ4n) is 1.73. The Balaban J connectivity index is 4.14. The second-order valence-corrected chi connectivity index (χ2v) is 4.12. The minimum absolute atomic E-state index is 0.0886. The minimum Gasteiger partial charge on any atom is -0.396 e.